The Bertz CT molecular complexity index is 1320. The number of hydrogen-bond donors (Lipinski definition) is 2. The van der Waals surface area contributed by atoms with Crippen molar-refractivity contribution < 1.29 is 27.5 Å². The molecule has 0 saturated carbocycles. The number of carbonyl (C=O) groups is 2. The highest BCUT2D eigenvalue weighted by molar-refractivity contribution is 7.92. The minimum absolute atomic E-state index is 0.00389. The third-order valence-corrected chi connectivity index (χ3v) is 7.97. The fourth-order valence-corrected chi connectivity index (χ4v) is 5.51. The Morgan fingerprint density at radius 3 is 2.55 bits per heavy atom. The van der Waals surface area contributed by atoms with E-state index in [1.807, 2.05) is 0 Å². The van der Waals surface area contributed by atoms with Gasteiger partial charge in [0.05, 0.1) is 5.69 Å². The molecule has 0 saturated heterocycles. The van der Waals surface area contributed by atoms with Crippen molar-refractivity contribution in [3.63, 3.8) is 0 Å². The number of rotatable bonds is 8. The van der Waals surface area contributed by atoms with Gasteiger partial charge in [-0.3, -0.25) is 9.10 Å². The molecule has 2 N–H and O–H groups in total. The molecule has 0 aliphatic heterocycles. The van der Waals surface area contributed by atoms with Gasteiger partial charge in [-0.2, -0.15) is 0 Å². The van der Waals surface area contributed by atoms with Crippen molar-refractivity contribution in [3.8, 4) is 0 Å². The fraction of sp³-hybridized carbons (Fsp3) is 0.182. The highest BCUT2D eigenvalue weighted by atomic mass is 35.5. The lowest BCUT2D eigenvalue weighted by Crippen LogP contribution is -2.41. The van der Waals surface area contributed by atoms with Gasteiger partial charge in [0.15, 0.2) is 0 Å². The third kappa shape index (κ3) is 5.52. The van der Waals surface area contributed by atoms with Crippen molar-refractivity contribution in [1.82, 2.24) is 5.32 Å². The smallest absolute Gasteiger partial charge is 0.345 e. The monoisotopic (exact) mass is 510 g/mol. The molecule has 2 aromatic carbocycles. The van der Waals surface area contributed by atoms with Crippen molar-refractivity contribution in [2.24, 2.45) is 0 Å². The summed E-state index contributed by atoms with van der Waals surface area (Å²) in [5.41, 5.74) is 1.66. The standard InChI is InChI=1S/C22H20ClFN2O5S2/c1-13-6-7-20(17(24)8-13)33(30,31)26(18-5-3-4-16(23)14(18)2)11-21(27)25-10-15-9-19(22(28)29)32-12-15/h3-9,12H,10-11H2,1-2H3,(H,25,27)(H,28,29). The molecule has 1 amide bonds. The first-order chi connectivity index (χ1) is 15.5. The zero-order valence-electron chi connectivity index (χ0n) is 17.6. The van der Waals surface area contributed by atoms with E-state index in [0.717, 1.165) is 27.8 Å². The van der Waals surface area contributed by atoms with E-state index in [1.165, 1.54) is 24.3 Å². The van der Waals surface area contributed by atoms with E-state index in [4.69, 9.17) is 16.7 Å². The number of nitrogens with zero attached hydrogens (tertiary/aromatic N) is 1. The second-order valence-electron chi connectivity index (χ2n) is 7.23. The Kier molecular flexibility index (Phi) is 7.41. The van der Waals surface area contributed by atoms with Crippen LogP contribution in [0.15, 0.2) is 52.7 Å². The molecule has 3 rings (SSSR count). The number of aryl methyl sites for hydroxylation is 1. The SMILES string of the molecule is Cc1ccc(S(=O)(=O)N(CC(=O)NCc2csc(C(=O)O)c2)c2cccc(Cl)c2C)c(F)c1. The maximum absolute atomic E-state index is 14.6. The van der Waals surface area contributed by atoms with Gasteiger partial charge in [0.2, 0.25) is 5.91 Å². The van der Waals surface area contributed by atoms with Crippen LogP contribution in [0.4, 0.5) is 10.1 Å². The summed E-state index contributed by atoms with van der Waals surface area (Å²) < 4.78 is 42.2. The van der Waals surface area contributed by atoms with Crippen molar-refractivity contribution in [1.29, 1.82) is 0 Å². The van der Waals surface area contributed by atoms with Gasteiger partial charge in [-0.25, -0.2) is 17.6 Å². The largest absolute Gasteiger partial charge is 0.477 e. The highest BCUT2D eigenvalue weighted by Gasteiger charge is 2.31. The van der Waals surface area contributed by atoms with E-state index < -0.39 is 39.2 Å². The van der Waals surface area contributed by atoms with Crippen molar-refractivity contribution in [2.45, 2.75) is 25.3 Å². The molecule has 0 unspecified atom stereocenters. The Labute approximate surface area is 199 Å². The highest BCUT2D eigenvalue weighted by Crippen LogP contribution is 2.31. The average molecular weight is 511 g/mol. The molecule has 1 aromatic heterocycles. The fourth-order valence-electron chi connectivity index (χ4n) is 3.07. The molecular weight excluding hydrogens is 491 g/mol. The molecule has 0 spiro atoms. The molecule has 0 radical (unpaired) electrons. The molecule has 7 nitrogen and oxygen atoms in total. The molecular formula is C22H20ClFN2O5S2. The van der Waals surface area contributed by atoms with E-state index in [9.17, 15) is 22.4 Å². The maximum Gasteiger partial charge on any atom is 0.345 e. The number of hydrogen-bond acceptors (Lipinski definition) is 5. The number of aromatic carboxylic acids is 1. The number of nitrogens with one attached hydrogen (secondary N) is 1. The first-order valence-electron chi connectivity index (χ1n) is 9.62. The van der Waals surface area contributed by atoms with Gasteiger partial charge in [0.1, 0.15) is 22.1 Å². The summed E-state index contributed by atoms with van der Waals surface area (Å²) in [7, 11) is -4.46. The predicted octanol–water partition coefficient (Wildman–Crippen LogP) is 4.37. The molecule has 0 fully saturated rings. The molecule has 1 heterocycles. The minimum atomic E-state index is -4.46. The van der Waals surface area contributed by atoms with Crippen LogP contribution in [0.1, 0.15) is 26.4 Å². The van der Waals surface area contributed by atoms with E-state index in [1.54, 1.807) is 25.3 Å². The van der Waals surface area contributed by atoms with Gasteiger partial charge in [-0.15, -0.1) is 11.3 Å². The van der Waals surface area contributed by atoms with Crippen LogP contribution in [0, 0.1) is 19.7 Å². The van der Waals surface area contributed by atoms with Gasteiger partial charge >= 0.3 is 5.97 Å². The van der Waals surface area contributed by atoms with Gasteiger partial charge < -0.3 is 10.4 Å². The molecule has 0 aliphatic rings. The summed E-state index contributed by atoms with van der Waals surface area (Å²) in [5, 5.41) is 13.5. The molecule has 3 aromatic rings. The van der Waals surface area contributed by atoms with Gasteiger partial charge in [-0.1, -0.05) is 23.7 Å². The summed E-state index contributed by atoms with van der Waals surface area (Å²) in [6, 6.07) is 9.75. The number of carboxylic acid groups (broad SMARTS) is 1. The Morgan fingerprint density at radius 1 is 1.18 bits per heavy atom. The summed E-state index contributed by atoms with van der Waals surface area (Å²) >= 11 is 7.18. The number of benzene rings is 2. The zero-order valence-corrected chi connectivity index (χ0v) is 20.0. The number of thiophene rings is 1. The second-order valence-corrected chi connectivity index (χ2v) is 10.4. The third-order valence-electron chi connectivity index (χ3n) is 4.80. The molecule has 33 heavy (non-hydrogen) atoms. The van der Waals surface area contributed by atoms with Gasteiger partial charge in [-0.05, 0) is 66.2 Å². The van der Waals surface area contributed by atoms with Crippen LogP contribution in [-0.4, -0.2) is 31.9 Å². The van der Waals surface area contributed by atoms with Gasteiger partial charge in [0, 0.05) is 11.6 Å². The first kappa shape index (κ1) is 24.7. The zero-order chi connectivity index (χ0) is 24.3. The number of anilines is 1. The van der Waals surface area contributed by atoms with E-state index in [2.05, 4.69) is 5.32 Å². The number of amides is 1. The summed E-state index contributed by atoms with van der Waals surface area (Å²) in [4.78, 5) is 23.3. The quantitative estimate of drug-likeness (QED) is 0.468. The van der Waals surface area contributed by atoms with Crippen LogP contribution in [0.2, 0.25) is 5.02 Å². The van der Waals surface area contributed by atoms with Crippen LogP contribution in [0.5, 0.6) is 0 Å². The minimum Gasteiger partial charge on any atom is -0.477 e. The summed E-state index contributed by atoms with van der Waals surface area (Å²) in [6.07, 6.45) is 0. The molecule has 0 atom stereocenters. The average Bonchev–Trinajstić information content (AvgIpc) is 3.22. The normalized spacial score (nSPS) is 11.3. The number of sulfonamides is 1. The Morgan fingerprint density at radius 2 is 1.91 bits per heavy atom. The van der Waals surface area contributed by atoms with E-state index in [-0.39, 0.29) is 22.1 Å². The molecule has 0 aliphatic carbocycles. The van der Waals surface area contributed by atoms with Crippen LogP contribution >= 0.6 is 22.9 Å². The van der Waals surface area contributed by atoms with E-state index >= 15 is 0 Å². The topological polar surface area (TPSA) is 104 Å². The van der Waals surface area contributed by atoms with Crippen LogP contribution in [-0.2, 0) is 21.4 Å². The lowest BCUT2D eigenvalue weighted by Gasteiger charge is -2.26. The van der Waals surface area contributed by atoms with Crippen LogP contribution in [0.3, 0.4) is 0 Å². The Hall–Kier alpha value is -2.95. The lowest BCUT2D eigenvalue weighted by atomic mass is 10.2. The van der Waals surface area contributed by atoms with Crippen molar-refractivity contribution >= 4 is 50.5 Å². The van der Waals surface area contributed by atoms with Crippen LogP contribution in [0.25, 0.3) is 0 Å². The summed E-state index contributed by atoms with van der Waals surface area (Å²) in [5.74, 6) is -2.67. The van der Waals surface area contributed by atoms with Crippen LogP contribution < -0.4 is 9.62 Å². The van der Waals surface area contributed by atoms with Crippen molar-refractivity contribution in [3.05, 3.63) is 80.3 Å². The van der Waals surface area contributed by atoms with Gasteiger partial charge in [0.25, 0.3) is 10.0 Å². The Balaban J connectivity index is 1.92. The molecule has 11 heteroatoms. The second kappa shape index (κ2) is 9.90. The molecule has 0 bridgehead atoms. The maximum atomic E-state index is 14.6. The number of carboxylic acids is 1. The number of carbonyl (C=O) groups excluding carboxylic acids is 1. The first-order valence-corrected chi connectivity index (χ1v) is 12.3. The predicted molar refractivity (Wildman–Crippen MR) is 125 cm³/mol. The molecule has 174 valence electrons. The van der Waals surface area contributed by atoms with E-state index in [0.29, 0.717) is 16.7 Å². The summed E-state index contributed by atoms with van der Waals surface area (Å²) in [6.45, 7) is 2.60. The number of halogens is 2. The van der Waals surface area contributed by atoms with Crippen molar-refractivity contribution in [2.75, 3.05) is 10.8 Å². The lowest BCUT2D eigenvalue weighted by molar-refractivity contribution is -0.119.